The Labute approximate surface area is 161 Å². The Morgan fingerprint density at radius 2 is 2.19 bits per heavy atom. The van der Waals surface area contributed by atoms with Crippen LogP contribution in [0.1, 0.15) is 6.92 Å². The molecule has 9 heteroatoms. The van der Waals surface area contributed by atoms with Gasteiger partial charge in [-0.25, -0.2) is 4.68 Å². The van der Waals surface area contributed by atoms with Crippen LogP contribution < -0.4 is 4.74 Å². The standard InChI is InChI=1S/C17H21N3O4S2/c1-3-23-13-6-4-12(5-7-13)15-18-20(17(25)24-15)11-19-8-9-26-14(10-19)16(21)22-2/h4-7,14H,3,8-11H2,1-2H3/t14-/m0/s1. The fourth-order valence-corrected chi connectivity index (χ4v) is 4.04. The minimum Gasteiger partial charge on any atom is -0.494 e. The molecule has 0 bridgehead atoms. The van der Waals surface area contributed by atoms with Crippen molar-refractivity contribution in [3.8, 4) is 17.2 Å². The lowest BCUT2D eigenvalue weighted by Crippen LogP contribution is -2.42. The van der Waals surface area contributed by atoms with Gasteiger partial charge in [-0.05, 0) is 43.4 Å². The Hall–Kier alpha value is -1.84. The monoisotopic (exact) mass is 395 g/mol. The summed E-state index contributed by atoms with van der Waals surface area (Å²) < 4.78 is 17.6. The molecule has 1 aliphatic heterocycles. The lowest BCUT2D eigenvalue weighted by molar-refractivity contribution is -0.140. The van der Waals surface area contributed by atoms with Crippen LogP contribution in [0.2, 0.25) is 0 Å². The number of carbonyl (C=O) groups is 1. The van der Waals surface area contributed by atoms with Crippen molar-refractivity contribution in [3.05, 3.63) is 29.1 Å². The maximum Gasteiger partial charge on any atom is 0.320 e. The van der Waals surface area contributed by atoms with Crippen LogP contribution in [0, 0.1) is 4.84 Å². The van der Waals surface area contributed by atoms with Crippen molar-refractivity contribution in [2.75, 3.05) is 32.6 Å². The van der Waals surface area contributed by atoms with E-state index in [0.29, 0.717) is 30.5 Å². The van der Waals surface area contributed by atoms with Gasteiger partial charge < -0.3 is 13.9 Å². The molecule has 1 fully saturated rings. The predicted octanol–water partition coefficient (Wildman–Crippen LogP) is 2.82. The molecule has 0 amide bonds. The van der Waals surface area contributed by atoms with Crippen LogP contribution in [0.25, 0.3) is 11.5 Å². The third kappa shape index (κ3) is 4.46. The summed E-state index contributed by atoms with van der Waals surface area (Å²) in [5, 5.41) is 4.30. The fourth-order valence-electron chi connectivity index (χ4n) is 2.67. The fraction of sp³-hybridized carbons (Fsp3) is 0.471. The van der Waals surface area contributed by atoms with Gasteiger partial charge in [-0.2, -0.15) is 0 Å². The number of benzene rings is 1. The lowest BCUT2D eigenvalue weighted by Gasteiger charge is -2.30. The lowest BCUT2D eigenvalue weighted by atomic mass is 10.2. The van der Waals surface area contributed by atoms with Gasteiger partial charge in [0, 0.05) is 24.4 Å². The highest BCUT2D eigenvalue weighted by molar-refractivity contribution is 8.00. The van der Waals surface area contributed by atoms with Crippen LogP contribution in [0.4, 0.5) is 0 Å². The van der Waals surface area contributed by atoms with E-state index in [1.807, 2.05) is 31.2 Å². The van der Waals surface area contributed by atoms with Gasteiger partial charge in [0.1, 0.15) is 11.0 Å². The normalized spacial score (nSPS) is 17.8. The van der Waals surface area contributed by atoms with Gasteiger partial charge in [0.05, 0.1) is 20.4 Å². The summed E-state index contributed by atoms with van der Waals surface area (Å²) in [6, 6.07) is 7.53. The number of aromatic nitrogens is 2. The number of hydrogen-bond donors (Lipinski definition) is 0. The number of ether oxygens (including phenoxy) is 2. The molecule has 1 atom stereocenters. The highest BCUT2D eigenvalue weighted by Crippen LogP contribution is 2.23. The molecule has 1 saturated heterocycles. The number of hydrogen-bond acceptors (Lipinski definition) is 8. The zero-order valence-electron chi connectivity index (χ0n) is 14.7. The van der Waals surface area contributed by atoms with E-state index in [9.17, 15) is 4.79 Å². The zero-order valence-corrected chi connectivity index (χ0v) is 16.3. The Morgan fingerprint density at radius 3 is 2.88 bits per heavy atom. The second kappa shape index (κ2) is 8.70. The summed E-state index contributed by atoms with van der Waals surface area (Å²) in [5.74, 6) is 1.93. The van der Waals surface area contributed by atoms with Gasteiger partial charge in [0.2, 0.25) is 5.89 Å². The van der Waals surface area contributed by atoms with Gasteiger partial charge in [-0.1, -0.05) is 0 Å². The molecule has 3 rings (SSSR count). The molecular formula is C17H21N3O4S2. The average Bonchev–Trinajstić information content (AvgIpc) is 3.02. The first-order valence-corrected chi connectivity index (χ1v) is 9.79. The Bertz CT molecular complexity index is 803. The zero-order chi connectivity index (χ0) is 18.5. The average molecular weight is 396 g/mol. The molecule has 2 aromatic rings. The number of carbonyl (C=O) groups excluding carboxylic acids is 1. The second-order valence-corrected chi connectivity index (χ2v) is 7.39. The summed E-state index contributed by atoms with van der Waals surface area (Å²) in [6.45, 7) is 4.50. The molecule has 0 aliphatic carbocycles. The minimum atomic E-state index is -0.196. The first-order valence-electron chi connectivity index (χ1n) is 8.33. The summed E-state index contributed by atoms with van der Waals surface area (Å²) >= 11 is 6.91. The van der Waals surface area contributed by atoms with E-state index >= 15 is 0 Å². The number of esters is 1. The smallest absolute Gasteiger partial charge is 0.320 e. The van der Waals surface area contributed by atoms with E-state index in [1.54, 1.807) is 16.4 Å². The topological polar surface area (TPSA) is 69.7 Å². The van der Waals surface area contributed by atoms with Gasteiger partial charge in [-0.15, -0.1) is 16.9 Å². The molecule has 0 spiro atoms. The van der Waals surface area contributed by atoms with E-state index in [2.05, 4.69) is 10.00 Å². The molecule has 1 aliphatic rings. The summed E-state index contributed by atoms with van der Waals surface area (Å²) in [4.78, 5) is 14.2. The van der Waals surface area contributed by atoms with Crippen molar-refractivity contribution in [3.63, 3.8) is 0 Å². The van der Waals surface area contributed by atoms with Crippen LogP contribution in [-0.4, -0.2) is 58.5 Å². The van der Waals surface area contributed by atoms with E-state index in [1.165, 1.54) is 7.11 Å². The number of methoxy groups -OCH3 is 1. The quantitative estimate of drug-likeness (QED) is 0.546. The van der Waals surface area contributed by atoms with Crippen molar-refractivity contribution in [1.82, 2.24) is 14.7 Å². The van der Waals surface area contributed by atoms with Crippen LogP contribution in [0.3, 0.4) is 0 Å². The van der Waals surface area contributed by atoms with Crippen LogP contribution in [-0.2, 0) is 16.2 Å². The highest BCUT2D eigenvalue weighted by Gasteiger charge is 2.27. The Kier molecular flexibility index (Phi) is 6.33. The molecule has 2 heterocycles. The molecule has 1 aromatic heterocycles. The molecule has 0 saturated carbocycles. The van der Waals surface area contributed by atoms with Crippen molar-refractivity contribution >= 4 is 29.9 Å². The van der Waals surface area contributed by atoms with Crippen LogP contribution in [0.15, 0.2) is 28.7 Å². The van der Waals surface area contributed by atoms with Crippen molar-refractivity contribution in [2.45, 2.75) is 18.8 Å². The second-order valence-electron chi connectivity index (χ2n) is 5.73. The van der Waals surface area contributed by atoms with Gasteiger partial charge in [0.25, 0.3) is 4.84 Å². The van der Waals surface area contributed by atoms with Crippen LogP contribution >= 0.6 is 24.0 Å². The third-order valence-electron chi connectivity index (χ3n) is 3.97. The first kappa shape index (κ1) is 18.9. The minimum absolute atomic E-state index is 0.180. The molecule has 1 aromatic carbocycles. The number of thioether (sulfide) groups is 1. The molecule has 140 valence electrons. The SMILES string of the molecule is CCOc1ccc(-c2nn(CN3CCS[C@H](C(=O)OC)C3)c(=S)o2)cc1. The highest BCUT2D eigenvalue weighted by atomic mass is 32.2. The van der Waals surface area contributed by atoms with Crippen molar-refractivity contribution in [2.24, 2.45) is 0 Å². The maximum absolute atomic E-state index is 11.8. The summed E-state index contributed by atoms with van der Waals surface area (Å²) in [5.41, 5.74) is 0.833. The predicted molar refractivity (Wildman–Crippen MR) is 102 cm³/mol. The number of nitrogens with zero attached hydrogens (tertiary/aromatic N) is 3. The summed E-state index contributed by atoms with van der Waals surface area (Å²) in [6.07, 6.45) is 0. The Balaban J connectivity index is 1.70. The summed E-state index contributed by atoms with van der Waals surface area (Å²) in [7, 11) is 1.42. The molecular weight excluding hydrogens is 374 g/mol. The largest absolute Gasteiger partial charge is 0.494 e. The Morgan fingerprint density at radius 1 is 1.42 bits per heavy atom. The van der Waals surface area contributed by atoms with Crippen LogP contribution in [0.5, 0.6) is 5.75 Å². The van der Waals surface area contributed by atoms with Gasteiger partial charge in [0.15, 0.2) is 0 Å². The van der Waals surface area contributed by atoms with E-state index in [4.69, 9.17) is 26.1 Å². The van der Waals surface area contributed by atoms with Crippen molar-refractivity contribution < 1.29 is 18.7 Å². The molecule has 0 unspecified atom stereocenters. The third-order valence-corrected chi connectivity index (χ3v) is 5.42. The molecule has 26 heavy (non-hydrogen) atoms. The van der Waals surface area contributed by atoms with Gasteiger partial charge >= 0.3 is 5.97 Å². The van der Waals surface area contributed by atoms with Crippen molar-refractivity contribution in [1.29, 1.82) is 0 Å². The first-order chi connectivity index (χ1) is 12.6. The molecule has 0 N–H and O–H groups in total. The van der Waals surface area contributed by atoms with Gasteiger partial charge in [-0.3, -0.25) is 9.69 Å². The molecule has 0 radical (unpaired) electrons. The maximum atomic E-state index is 11.8. The van der Waals surface area contributed by atoms with E-state index in [0.717, 1.165) is 23.6 Å². The molecule has 7 nitrogen and oxygen atoms in total. The van der Waals surface area contributed by atoms with E-state index < -0.39 is 0 Å². The number of rotatable bonds is 6. The van der Waals surface area contributed by atoms with E-state index in [-0.39, 0.29) is 11.2 Å².